The zero-order valence-electron chi connectivity index (χ0n) is 8.74. The van der Waals surface area contributed by atoms with E-state index in [1.54, 1.807) is 23.5 Å². The van der Waals surface area contributed by atoms with E-state index in [0.29, 0.717) is 0 Å². The third-order valence-electron chi connectivity index (χ3n) is 2.73. The summed E-state index contributed by atoms with van der Waals surface area (Å²) in [6.07, 6.45) is 0. The summed E-state index contributed by atoms with van der Waals surface area (Å²) in [6.45, 7) is 3.93. The number of rotatable bonds is 1. The summed E-state index contributed by atoms with van der Waals surface area (Å²) in [5, 5.41) is 4.30. The summed E-state index contributed by atoms with van der Waals surface area (Å²) in [7, 11) is 0. The average Bonchev–Trinajstić information content (AvgIpc) is 2.73. The van der Waals surface area contributed by atoms with Gasteiger partial charge in [0.1, 0.15) is 5.82 Å². The molecule has 0 radical (unpaired) electrons. The number of nitrogens with zero attached hydrogens (tertiary/aromatic N) is 2. The summed E-state index contributed by atoms with van der Waals surface area (Å²) in [6, 6.07) is 4.76. The number of piperazine rings is 1. The lowest BCUT2D eigenvalue weighted by Gasteiger charge is -2.26. The zero-order chi connectivity index (χ0) is 11.0. The van der Waals surface area contributed by atoms with Gasteiger partial charge in [-0.05, 0) is 18.2 Å². The number of benzene rings is 1. The molecule has 1 aliphatic rings. The van der Waals surface area contributed by atoms with Crippen molar-refractivity contribution in [2.24, 2.45) is 0 Å². The van der Waals surface area contributed by atoms with Crippen LogP contribution in [0.15, 0.2) is 18.2 Å². The molecule has 0 amide bonds. The Labute approximate surface area is 96.9 Å². The molecule has 0 atom stereocenters. The molecule has 3 rings (SSSR count). The number of halogens is 1. The Bertz CT molecular complexity index is 505. The van der Waals surface area contributed by atoms with E-state index in [4.69, 9.17) is 0 Å². The summed E-state index contributed by atoms with van der Waals surface area (Å²) in [4.78, 5) is 6.78. The molecule has 3 nitrogen and oxygen atoms in total. The van der Waals surface area contributed by atoms with E-state index in [0.717, 1.165) is 41.5 Å². The monoisotopic (exact) mass is 237 g/mol. The number of aromatic nitrogens is 1. The Morgan fingerprint density at radius 1 is 1.31 bits per heavy atom. The molecule has 0 bridgehead atoms. The van der Waals surface area contributed by atoms with Gasteiger partial charge in [-0.2, -0.15) is 0 Å². The van der Waals surface area contributed by atoms with Crippen molar-refractivity contribution in [3.63, 3.8) is 0 Å². The summed E-state index contributed by atoms with van der Waals surface area (Å²) in [5.74, 6) is -0.192. The molecule has 1 aromatic heterocycles. The van der Waals surface area contributed by atoms with Crippen LogP contribution < -0.4 is 10.2 Å². The van der Waals surface area contributed by atoms with Crippen molar-refractivity contribution >= 4 is 26.7 Å². The third-order valence-corrected chi connectivity index (χ3v) is 3.81. The Hall–Kier alpha value is -1.20. The second-order valence-electron chi connectivity index (χ2n) is 3.85. The fourth-order valence-corrected chi connectivity index (χ4v) is 2.92. The Kier molecular flexibility index (Phi) is 2.49. The maximum Gasteiger partial charge on any atom is 0.186 e. The standard InChI is InChI=1S/C11H12FN3S/c12-8-1-2-9-10(7-8)16-11(14-9)15-5-3-13-4-6-15/h1-2,7,13H,3-6H2. The van der Waals surface area contributed by atoms with Crippen molar-refractivity contribution in [1.82, 2.24) is 10.3 Å². The Morgan fingerprint density at radius 3 is 2.94 bits per heavy atom. The van der Waals surface area contributed by atoms with Gasteiger partial charge in [-0.15, -0.1) is 0 Å². The smallest absolute Gasteiger partial charge is 0.186 e. The highest BCUT2D eigenvalue weighted by atomic mass is 32.1. The molecule has 1 aromatic carbocycles. The quantitative estimate of drug-likeness (QED) is 0.820. The van der Waals surface area contributed by atoms with E-state index in [2.05, 4.69) is 15.2 Å². The van der Waals surface area contributed by atoms with E-state index in [9.17, 15) is 4.39 Å². The van der Waals surface area contributed by atoms with Gasteiger partial charge in [-0.25, -0.2) is 9.37 Å². The molecule has 1 aliphatic heterocycles. The number of hydrogen-bond donors (Lipinski definition) is 1. The van der Waals surface area contributed by atoms with Crippen molar-refractivity contribution < 1.29 is 4.39 Å². The van der Waals surface area contributed by atoms with Crippen LogP contribution in [0.25, 0.3) is 10.2 Å². The molecular weight excluding hydrogens is 225 g/mol. The fourth-order valence-electron chi connectivity index (χ4n) is 1.88. The van der Waals surface area contributed by atoms with Gasteiger partial charge in [0, 0.05) is 26.2 Å². The predicted molar refractivity (Wildman–Crippen MR) is 64.7 cm³/mol. The van der Waals surface area contributed by atoms with Crippen LogP contribution in [-0.4, -0.2) is 31.2 Å². The molecule has 2 heterocycles. The van der Waals surface area contributed by atoms with Gasteiger partial charge in [0.15, 0.2) is 5.13 Å². The van der Waals surface area contributed by atoms with Crippen molar-refractivity contribution in [2.75, 3.05) is 31.1 Å². The van der Waals surface area contributed by atoms with Crippen molar-refractivity contribution in [2.45, 2.75) is 0 Å². The maximum atomic E-state index is 13.0. The minimum Gasteiger partial charge on any atom is -0.346 e. The van der Waals surface area contributed by atoms with Crippen LogP contribution in [0.3, 0.4) is 0 Å². The first-order valence-corrected chi connectivity index (χ1v) is 6.16. The van der Waals surface area contributed by atoms with Crippen LogP contribution in [0.1, 0.15) is 0 Å². The zero-order valence-corrected chi connectivity index (χ0v) is 9.56. The molecule has 2 aromatic rings. The number of anilines is 1. The molecule has 0 unspecified atom stereocenters. The maximum absolute atomic E-state index is 13.0. The van der Waals surface area contributed by atoms with Gasteiger partial charge in [0.2, 0.25) is 0 Å². The molecule has 0 spiro atoms. The molecule has 0 aliphatic carbocycles. The van der Waals surface area contributed by atoms with E-state index in [1.165, 1.54) is 6.07 Å². The third kappa shape index (κ3) is 1.76. The van der Waals surface area contributed by atoms with Crippen molar-refractivity contribution in [1.29, 1.82) is 0 Å². The van der Waals surface area contributed by atoms with Gasteiger partial charge in [-0.3, -0.25) is 0 Å². The first-order valence-electron chi connectivity index (χ1n) is 5.35. The number of nitrogens with one attached hydrogen (secondary N) is 1. The first-order chi connectivity index (χ1) is 7.83. The number of hydrogen-bond acceptors (Lipinski definition) is 4. The number of fused-ring (bicyclic) bond motifs is 1. The molecule has 0 saturated carbocycles. The largest absolute Gasteiger partial charge is 0.346 e. The number of thiazole rings is 1. The van der Waals surface area contributed by atoms with Gasteiger partial charge in [-0.1, -0.05) is 11.3 Å². The first kappa shape index (κ1) is 9.99. The van der Waals surface area contributed by atoms with Crippen LogP contribution in [-0.2, 0) is 0 Å². The Morgan fingerprint density at radius 2 is 2.12 bits per heavy atom. The highest BCUT2D eigenvalue weighted by Crippen LogP contribution is 2.29. The van der Waals surface area contributed by atoms with Crippen LogP contribution in [0.2, 0.25) is 0 Å². The molecular formula is C11H12FN3S. The SMILES string of the molecule is Fc1ccc2nc(N3CCNCC3)sc2c1. The van der Waals surface area contributed by atoms with Crippen molar-refractivity contribution in [3.05, 3.63) is 24.0 Å². The van der Waals surface area contributed by atoms with Crippen LogP contribution in [0.5, 0.6) is 0 Å². The minimum atomic E-state index is -0.192. The van der Waals surface area contributed by atoms with Crippen LogP contribution >= 0.6 is 11.3 Å². The molecule has 5 heteroatoms. The van der Waals surface area contributed by atoms with Crippen LogP contribution in [0.4, 0.5) is 9.52 Å². The van der Waals surface area contributed by atoms with Crippen molar-refractivity contribution in [3.8, 4) is 0 Å². The second kappa shape index (κ2) is 3.99. The topological polar surface area (TPSA) is 28.2 Å². The van der Waals surface area contributed by atoms with E-state index >= 15 is 0 Å². The lowest BCUT2D eigenvalue weighted by molar-refractivity contribution is 0.588. The lowest BCUT2D eigenvalue weighted by atomic mass is 10.3. The molecule has 1 saturated heterocycles. The van der Waals surface area contributed by atoms with E-state index in [1.807, 2.05) is 0 Å². The molecule has 16 heavy (non-hydrogen) atoms. The van der Waals surface area contributed by atoms with Gasteiger partial charge in [0.05, 0.1) is 10.2 Å². The molecule has 1 N–H and O–H groups in total. The summed E-state index contributed by atoms with van der Waals surface area (Å²) >= 11 is 1.56. The van der Waals surface area contributed by atoms with Gasteiger partial charge >= 0.3 is 0 Å². The molecule has 84 valence electrons. The van der Waals surface area contributed by atoms with E-state index < -0.39 is 0 Å². The Balaban J connectivity index is 1.97. The second-order valence-corrected chi connectivity index (χ2v) is 4.85. The van der Waals surface area contributed by atoms with Gasteiger partial charge in [0.25, 0.3) is 0 Å². The van der Waals surface area contributed by atoms with E-state index in [-0.39, 0.29) is 5.82 Å². The minimum absolute atomic E-state index is 0.192. The average molecular weight is 237 g/mol. The fraction of sp³-hybridized carbons (Fsp3) is 0.364. The molecule has 1 fully saturated rings. The predicted octanol–water partition coefficient (Wildman–Crippen LogP) is 1.84. The highest BCUT2D eigenvalue weighted by Gasteiger charge is 2.14. The highest BCUT2D eigenvalue weighted by molar-refractivity contribution is 7.22. The normalized spacial score (nSPS) is 16.9. The van der Waals surface area contributed by atoms with Crippen LogP contribution in [0, 0.1) is 5.82 Å². The summed E-state index contributed by atoms with van der Waals surface area (Å²) in [5.41, 5.74) is 0.889. The summed E-state index contributed by atoms with van der Waals surface area (Å²) < 4.78 is 14.0. The van der Waals surface area contributed by atoms with Gasteiger partial charge < -0.3 is 10.2 Å². The lowest BCUT2D eigenvalue weighted by Crippen LogP contribution is -2.43.